The van der Waals surface area contributed by atoms with Gasteiger partial charge in [-0.05, 0) is 49.3 Å². The minimum Gasteiger partial charge on any atom is -0.271 e. The summed E-state index contributed by atoms with van der Waals surface area (Å²) in [6.07, 6.45) is 5.08. The molecule has 2 aromatic rings. The number of aryl methyl sites for hydroxylation is 1. The van der Waals surface area contributed by atoms with E-state index in [1.807, 2.05) is 6.07 Å². The molecule has 0 saturated heterocycles. The zero-order valence-corrected chi connectivity index (χ0v) is 13.0. The van der Waals surface area contributed by atoms with Crippen molar-refractivity contribution >= 4 is 10.9 Å². The molecule has 3 nitrogen and oxygen atoms in total. The molecule has 1 aliphatic carbocycles. The van der Waals surface area contributed by atoms with E-state index in [2.05, 4.69) is 43.5 Å². The molecule has 1 heterocycles. The largest absolute Gasteiger partial charge is 0.271 e. The van der Waals surface area contributed by atoms with Crippen LogP contribution >= 0.6 is 0 Å². The lowest BCUT2D eigenvalue weighted by Crippen LogP contribution is -2.35. The van der Waals surface area contributed by atoms with E-state index in [9.17, 15) is 0 Å². The molecule has 0 radical (unpaired) electrons. The third-order valence-electron chi connectivity index (χ3n) is 4.97. The van der Waals surface area contributed by atoms with Crippen LogP contribution in [0.3, 0.4) is 0 Å². The van der Waals surface area contributed by atoms with Crippen LogP contribution < -0.4 is 11.3 Å². The number of pyridine rings is 1. The Balaban J connectivity index is 1.93. The first-order chi connectivity index (χ1) is 10.2. The average Bonchev–Trinajstić information content (AvgIpc) is 2.50. The fourth-order valence-corrected chi connectivity index (χ4v) is 3.62. The molecule has 21 heavy (non-hydrogen) atoms. The number of hydrogen-bond donors (Lipinski definition) is 2. The molecule has 3 heteroatoms. The monoisotopic (exact) mass is 283 g/mol. The summed E-state index contributed by atoms with van der Waals surface area (Å²) in [4.78, 5) is 4.86. The van der Waals surface area contributed by atoms with Gasteiger partial charge in [0.1, 0.15) is 0 Å². The summed E-state index contributed by atoms with van der Waals surface area (Å²) in [6, 6.07) is 10.7. The quantitative estimate of drug-likeness (QED) is 0.664. The lowest BCUT2D eigenvalue weighted by atomic mass is 9.78. The fourth-order valence-electron chi connectivity index (χ4n) is 3.62. The number of fused-ring (bicyclic) bond motifs is 1. The summed E-state index contributed by atoms with van der Waals surface area (Å²) in [5.74, 6) is 7.32. The number of aromatic nitrogens is 1. The van der Waals surface area contributed by atoms with Crippen LogP contribution in [0.25, 0.3) is 10.9 Å². The maximum atomic E-state index is 5.87. The Morgan fingerprint density at radius 3 is 2.62 bits per heavy atom. The molecule has 3 N–H and O–H groups in total. The van der Waals surface area contributed by atoms with Crippen LogP contribution in [-0.4, -0.2) is 4.98 Å². The van der Waals surface area contributed by atoms with Crippen molar-refractivity contribution in [3.63, 3.8) is 0 Å². The molecule has 1 aromatic heterocycles. The Bertz CT molecular complexity index is 615. The molecule has 0 amide bonds. The molecular formula is C18H25N3. The van der Waals surface area contributed by atoms with E-state index in [4.69, 9.17) is 10.8 Å². The van der Waals surface area contributed by atoms with Gasteiger partial charge in [0.2, 0.25) is 0 Å². The van der Waals surface area contributed by atoms with Crippen molar-refractivity contribution in [1.82, 2.24) is 10.4 Å². The first kappa shape index (κ1) is 14.5. The molecule has 1 aromatic carbocycles. The van der Waals surface area contributed by atoms with E-state index in [0.29, 0.717) is 5.92 Å². The van der Waals surface area contributed by atoms with Crippen molar-refractivity contribution in [2.75, 3.05) is 0 Å². The minimum atomic E-state index is 0.167. The second-order valence-corrected chi connectivity index (χ2v) is 6.55. The van der Waals surface area contributed by atoms with Gasteiger partial charge in [-0.25, -0.2) is 0 Å². The Morgan fingerprint density at radius 1 is 1.19 bits per heavy atom. The number of hydrogen-bond acceptors (Lipinski definition) is 3. The standard InChI is InChI=1S/C18H25N3/c1-12-7-9-14(10-8-12)18(21-19)17-11-13(2)15-5-3-4-6-16(15)20-17/h3-6,11-12,14,18,21H,7-10,19H2,1-2H3. The molecule has 0 aliphatic heterocycles. The topological polar surface area (TPSA) is 50.9 Å². The zero-order valence-electron chi connectivity index (χ0n) is 13.0. The highest BCUT2D eigenvalue weighted by Gasteiger charge is 2.27. The number of nitrogens with one attached hydrogen (secondary N) is 1. The highest BCUT2D eigenvalue weighted by molar-refractivity contribution is 5.82. The summed E-state index contributed by atoms with van der Waals surface area (Å²) in [6.45, 7) is 4.50. The second-order valence-electron chi connectivity index (χ2n) is 6.55. The lowest BCUT2D eigenvalue weighted by molar-refractivity contribution is 0.230. The van der Waals surface area contributed by atoms with Crippen molar-refractivity contribution in [3.8, 4) is 0 Å². The van der Waals surface area contributed by atoms with Crippen LogP contribution in [0.1, 0.15) is 49.9 Å². The van der Waals surface area contributed by atoms with Crippen LogP contribution in [0.5, 0.6) is 0 Å². The molecule has 112 valence electrons. The third-order valence-corrected chi connectivity index (χ3v) is 4.97. The third kappa shape index (κ3) is 2.94. The van der Waals surface area contributed by atoms with Gasteiger partial charge in [-0.1, -0.05) is 38.0 Å². The van der Waals surface area contributed by atoms with Crippen molar-refractivity contribution in [1.29, 1.82) is 0 Å². The SMILES string of the molecule is Cc1cc(C(NN)C2CCC(C)CC2)nc2ccccc12. The molecule has 3 rings (SSSR count). The van der Waals surface area contributed by atoms with Gasteiger partial charge in [0.15, 0.2) is 0 Å². The zero-order chi connectivity index (χ0) is 14.8. The van der Waals surface area contributed by atoms with Crippen molar-refractivity contribution < 1.29 is 0 Å². The highest BCUT2D eigenvalue weighted by Crippen LogP contribution is 2.36. The Kier molecular flexibility index (Phi) is 4.22. The summed E-state index contributed by atoms with van der Waals surface area (Å²) < 4.78 is 0. The number of rotatable bonds is 3. The van der Waals surface area contributed by atoms with Gasteiger partial charge in [0.25, 0.3) is 0 Å². The summed E-state index contributed by atoms with van der Waals surface area (Å²) in [7, 11) is 0. The molecule has 1 atom stereocenters. The fraction of sp³-hybridized carbons (Fsp3) is 0.500. The number of nitrogens with zero attached hydrogens (tertiary/aromatic N) is 1. The van der Waals surface area contributed by atoms with Crippen LogP contribution in [0, 0.1) is 18.8 Å². The van der Waals surface area contributed by atoms with Crippen molar-refractivity contribution in [2.45, 2.75) is 45.6 Å². The first-order valence-electron chi connectivity index (χ1n) is 8.01. The van der Waals surface area contributed by atoms with E-state index in [1.54, 1.807) is 0 Å². The van der Waals surface area contributed by atoms with E-state index in [0.717, 1.165) is 17.1 Å². The minimum absolute atomic E-state index is 0.167. The maximum absolute atomic E-state index is 5.87. The van der Waals surface area contributed by atoms with Crippen LogP contribution in [0.2, 0.25) is 0 Å². The summed E-state index contributed by atoms with van der Waals surface area (Å²) >= 11 is 0. The average molecular weight is 283 g/mol. The van der Waals surface area contributed by atoms with Gasteiger partial charge in [0, 0.05) is 5.39 Å². The number of nitrogens with two attached hydrogens (primary N) is 1. The van der Waals surface area contributed by atoms with E-state index in [1.165, 1.54) is 36.6 Å². The smallest absolute Gasteiger partial charge is 0.0708 e. The van der Waals surface area contributed by atoms with Crippen LogP contribution in [0.15, 0.2) is 30.3 Å². The second kappa shape index (κ2) is 6.12. The summed E-state index contributed by atoms with van der Waals surface area (Å²) in [5.41, 5.74) is 6.47. The van der Waals surface area contributed by atoms with Crippen molar-refractivity contribution in [3.05, 3.63) is 41.6 Å². The highest BCUT2D eigenvalue weighted by atomic mass is 15.2. The van der Waals surface area contributed by atoms with Gasteiger partial charge >= 0.3 is 0 Å². The summed E-state index contributed by atoms with van der Waals surface area (Å²) in [5, 5.41) is 1.23. The predicted octanol–water partition coefficient (Wildman–Crippen LogP) is 3.87. The lowest BCUT2D eigenvalue weighted by Gasteiger charge is -2.32. The molecule has 1 saturated carbocycles. The molecule has 0 spiro atoms. The van der Waals surface area contributed by atoms with Gasteiger partial charge in [-0.3, -0.25) is 16.3 Å². The van der Waals surface area contributed by atoms with E-state index < -0.39 is 0 Å². The first-order valence-corrected chi connectivity index (χ1v) is 8.01. The number of hydrazine groups is 1. The van der Waals surface area contributed by atoms with Crippen LogP contribution in [0.4, 0.5) is 0 Å². The van der Waals surface area contributed by atoms with E-state index >= 15 is 0 Å². The van der Waals surface area contributed by atoms with Gasteiger partial charge in [0.05, 0.1) is 17.3 Å². The predicted molar refractivity (Wildman–Crippen MR) is 87.7 cm³/mol. The normalized spacial score (nSPS) is 24.1. The molecule has 0 bridgehead atoms. The molecule has 1 aliphatic rings. The Labute approximate surface area is 126 Å². The Morgan fingerprint density at radius 2 is 1.90 bits per heavy atom. The Hall–Kier alpha value is -1.45. The van der Waals surface area contributed by atoms with Gasteiger partial charge < -0.3 is 0 Å². The molecule has 1 fully saturated rings. The van der Waals surface area contributed by atoms with E-state index in [-0.39, 0.29) is 6.04 Å². The number of para-hydroxylation sites is 1. The van der Waals surface area contributed by atoms with Crippen LogP contribution in [-0.2, 0) is 0 Å². The van der Waals surface area contributed by atoms with Crippen molar-refractivity contribution in [2.24, 2.45) is 17.7 Å². The maximum Gasteiger partial charge on any atom is 0.0708 e. The molecule has 1 unspecified atom stereocenters. The van der Waals surface area contributed by atoms with Gasteiger partial charge in [-0.15, -0.1) is 0 Å². The number of benzene rings is 1. The van der Waals surface area contributed by atoms with Gasteiger partial charge in [-0.2, -0.15) is 0 Å². The molecular weight excluding hydrogens is 258 g/mol.